The minimum atomic E-state index is 0.00549. The second-order valence-corrected chi connectivity index (χ2v) is 11.5. The summed E-state index contributed by atoms with van der Waals surface area (Å²) in [5, 5.41) is 4.04. The first-order chi connectivity index (χ1) is 18.5. The zero-order valence-electron chi connectivity index (χ0n) is 21.5. The first-order valence-corrected chi connectivity index (χ1v) is 15.0. The lowest BCUT2D eigenvalue weighted by molar-refractivity contribution is -0.124. The second-order valence-electron chi connectivity index (χ2n) is 9.26. The van der Waals surface area contributed by atoms with Gasteiger partial charge in [0.1, 0.15) is 6.61 Å². The van der Waals surface area contributed by atoms with Crippen LogP contribution in [0.2, 0.25) is 5.02 Å². The standard InChI is InChI=1S/C29H30ClN3O3S2/c1-3-35-25-15-20(13-14-24(25)36-17-21-9-7-8-12-23(21)30)16-26-27(34)33(22-10-5-4-6-11-22)29(38-26)32-28-31-19(2)18-37-28/h7-9,12-16,18,22H,3-6,10-11,17H2,1-2H3/b26-16-,32-29+. The van der Waals surface area contributed by atoms with E-state index in [1.807, 2.05) is 72.7 Å². The van der Waals surface area contributed by atoms with Gasteiger partial charge < -0.3 is 9.47 Å². The Bertz CT molecular complexity index is 1360. The van der Waals surface area contributed by atoms with Gasteiger partial charge in [0.15, 0.2) is 16.7 Å². The number of aryl methyl sites for hydroxylation is 1. The van der Waals surface area contributed by atoms with E-state index in [2.05, 4.69) is 4.98 Å². The maximum atomic E-state index is 13.7. The quantitative estimate of drug-likeness (QED) is 0.258. The van der Waals surface area contributed by atoms with E-state index in [1.54, 1.807) is 0 Å². The van der Waals surface area contributed by atoms with E-state index in [4.69, 9.17) is 26.1 Å². The Kier molecular flexibility index (Phi) is 8.72. The van der Waals surface area contributed by atoms with Crippen molar-refractivity contribution in [1.82, 2.24) is 9.88 Å². The van der Waals surface area contributed by atoms with Crippen LogP contribution < -0.4 is 9.47 Å². The van der Waals surface area contributed by atoms with Crippen LogP contribution in [0.5, 0.6) is 11.5 Å². The van der Waals surface area contributed by atoms with Gasteiger partial charge in [-0.2, -0.15) is 4.99 Å². The van der Waals surface area contributed by atoms with Gasteiger partial charge in [-0.3, -0.25) is 9.69 Å². The molecule has 0 radical (unpaired) electrons. The Morgan fingerprint density at radius 1 is 1.13 bits per heavy atom. The predicted octanol–water partition coefficient (Wildman–Crippen LogP) is 8.02. The highest BCUT2D eigenvalue weighted by Crippen LogP contribution is 2.40. The van der Waals surface area contributed by atoms with Gasteiger partial charge in [0, 0.05) is 22.0 Å². The summed E-state index contributed by atoms with van der Waals surface area (Å²) in [5.74, 6) is 1.26. The van der Waals surface area contributed by atoms with Crippen molar-refractivity contribution in [2.45, 2.75) is 58.6 Å². The van der Waals surface area contributed by atoms with Crippen molar-refractivity contribution in [1.29, 1.82) is 0 Å². The lowest BCUT2D eigenvalue weighted by atomic mass is 9.94. The highest BCUT2D eigenvalue weighted by atomic mass is 35.5. The van der Waals surface area contributed by atoms with Crippen LogP contribution >= 0.6 is 34.7 Å². The van der Waals surface area contributed by atoms with Crippen LogP contribution in [0.3, 0.4) is 0 Å². The highest BCUT2D eigenvalue weighted by Gasteiger charge is 2.39. The Hall–Kier alpha value is -2.81. The molecule has 0 spiro atoms. The predicted molar refractivity (Wildman–Crippen MR) is 157 cm³/mol. The molecule has 1 saturated heterocycles. The van der Waals surface area contributed by atoms with E-state index >= 15 is 0 Å². The summed E-state index contributed by atoms with van der Waals surface area (Å²) in [6.07, 6.45) is 7.41. The zero-order chi connectivity index (χ0) is 26.5. The van der Waals surface area contributed by atoms with E-state index in [0.29, 0.717) is 44.9 Å². The molecule has 1 aliphatic carbocycles. The van der Waals surface area contributed by atoms with E-state index in [0.717, 1.165) is 42.5 Å². The summed E-state index contributed by atoms with van der Waals surface area (Å²) < 4.78 is 11.9. The van der Waals surface area contributed by atoms with Gasteiger partial charge in [0.25, 0.3) is 5.91 Å². The smallest absolute Gasteiger partial charge is 0.267 e. The molecule has 1 amide bonds. The summed E-state index contributed by atoms with van der Waals surface area (Å²) in [7, 11) is 0. The number of hydrogen-bond donors (Lipinski definition) is 0. The Morgan fingerprint density at radius 2 is 1.95 bits per heavy atom. The van der Waals surface area contributed by atoms with Crippen LogP contribution in [-0.4, -0.2) is 33.6 Å². The summed E-state index contributed by atoms with van der Waals surface area (Å²) in [4.78, 5) is 25.5. The number of ether oxygens (including phenoxy) is 2. The Labute approximate surface area is 236 Å². The molecule has 5 rings (SSSR count). The topological polar surface area (TPSA) is 64.0 Å². The van der Waals surface area contributed by atoms with Crippen LogP contribution in [0, 0.1) is 6.92 Å². The van der Waals surface area contributed by atoms with Crippen molar-refractivity contribution in [2.24, 2.45) is 4.99 Å². The van der Waals surface area contributed by atoms with Crippen molar-refractivity contribution in [3.8, 4) is 11.5 Å². The van der Waals surface area contributed by atoms with Gasteiger partial charge in [-0.15, -0.1) is 11.3 Å². The molecule has 1 aliphatic heterocycles. The number of halogens is 1. The first kappa shape index (κ1) is 26.8. The third-order valence-electron chi connectivity index (χ3n) is 6.48. The van der Waals surface area contributed by atoms with Gasteiger partial charge in [-0.25, -0.2) is 4.98 Å². The van der Waals surface area contributed by atoms with Crippen LogP contribution in [0.15, 0.2) is 57.7 Å². The van der Waals surface area contributed by atoms with Gasteiger partial charge in [-0.1, -0.05) is 55.1 Å². The number of aliphatic imine (C=N–C) groups is 1. The van der Waals surface area contributed by atoms with Crippen LogP contribution in [-0.2, 0) is 11.4 Å². The van der Waals surface area contributed by atoms with Crippen molar-refractivity contribution in [3.63, 3.8) is 0 Å². The molecule has 0 N–H and O–H groups in total. The molecule has 1 aromatic heterocycles. The number of hydrogen-bond acceptors (Lipinski definition) is 7. The molecule has 2 aliphatic rings. The van der Waals surface area contributed by atoms with Gasteiger partial charge >= 0.3 is 0 Å². The number of amides is 1. The summed E-state index contributed by atoms with van der Waals surface area (Å²) in [6.45, 7) is 4.72. The molecule has 198 valence electrons. The summed E-state index contributed by atoms with van der Waals surface area (Å²) in [6, 6.07) is 13.5. The molecule has 38 heavy (non-hydrogen) atoms. The normalized spacial score (nSPS) is 18.5. The average Bonchev–Trinajstić information content (AvgIpc) is 3.47. The fraction of sp³-hybridized carbons (Fsp3) is 0.345. The van der Waals surface area contributed by atoms with E-state index in [-0.39, 0.29) is 11.9 Å². The van der Waals surface area contributed by atoms with Gasteiger partial charge in [-0.05, 0) is 68.3 Å². The number of thioether (sulfide) groups is 1. The number of carbonyl (C=O) groups is 1. The minimum Gasteiger partial charge on any atom is -0.490 e. The Balaban J connectivity index is 1.41. The lowest BCUT2D eigenvalue weighted by Crippen LogP contribution is -2.40. The molecule has 2 aromatic carbocycles. The maximum absolute atomic E-state index is 13.7. The minimum absolute atomic E-state index is 0.00549. The Morgan fingerprint density at radius 3 is 2.68 bits per heavy atom. The molecular formula is C29H30ClN3O3S2. The summed E-state index contributed by atoms with van der Waals surface area (Å²) >= 11 is 9.20. The molecule has 3 aromatic rings. The van der Waals surface area contributed by atoms with E-state index in [1.165, 1.54) is 29.5 Å². The molecule has 9 heteroatoms. The molecule has 2 heterocycles. The number of carbonyl (C=O) groups excluding carboxylic acids is 1. The second kappa shape index (κ2) is 12.4. The van der Waals surface area contributed by atoms with Gasteiger partial charge in [0.2, 0.25) is 5.13 Å². The summed E-state index contributed by atoms with van der Waals surface area (Å²) in [5.41, 5.74) is 2.70. The van der Waals surface area contributed by atoms with Crippen LogP contribution in [0.1, 0.15) is 55.8 Å². The molecule has 0 atom stereocenters. The molecule has 6 nitrogen and oxygen atoms in total. The maximum Gasteiger partial charge on any atom is 0.267 e. The number of benzene rings is 2. The SMILES string of the molecule is CCOc1cc(/C=C2\S/C(=N/c3nc(C)cs3)N(C3CCCCC3)C2=O)ccc1OCc1ccccc1Cl. The third kappa shape index (κ3) is 6.25. The lowest BCUT2D eigenvalue weighted by Gasteiger charge is -2.30. The largest absolute Gasteiger partial charge is 0.490 e. The number of nitrogens with zero attached hydrogens (tertiary/aromatic N) is 3. The van der Waals surface area contributed by atoms with Crippen molar-refractivity contribution in [2.75, 3.05) is 6.61 Å². The molecular weight excluding hydrogens is 538 g/mol. The number of thiazole rings is 1. The zero-order valence-corrected chi connectivity index (χ0v) is 23.9. The number of amidine groups is 1. The third-order valence-corrected chi connectivity index (χ3v) is 8.69. The molecule has 0 unspecified atom stereocenters. The molecule has 2 fully saturated rings. The van der Waals surface area contributed by atoms with Crippen LogP contribution in [0.4, 0.5) is 5.13 Å². The average molecular weight is 568 g/mol. The molecule has 0 bridgehead atoms. The fourth-order valence-electron chi connectivity index (χ4n) is 4.62. The first-order valence-electron chi connectivity index (χ1n) is 12.9. The van der Waals surface area contributed by atoms with Crippen LogP contribution in [0.25, 0.3) is 6.08 Å². The van der Waals surface area contributed by atoms with Crippen molar-refractivity contribution in [3.05, 3.63) is 74.6 Å². The van der Waals surface area contributed by atoms with Gasteiger partial charge in [0.05, 0.1) is 17.2 Å². The van der Waals surface area contributed by atoms with E-state index in [9.17, 15) is 4.79 Å². The van der Waals surface area contributed by atoms with Crippen molar-refractivity contribution < 1.29 is 14.3 Å². The monoisotopic (exact) mass is 567 g/mol. The fourth-order valence-corrected chi connectivity index (χ4v) is 6.58. The molecule has 1 saturated carbocycles. The number of rotatable bonds is 8. The highest BCUT2D eigenvalue weighted by molar-refractivity contribution is 8.18. The van der Waals surface area contributed by atoms with Crippen molar-refractivity contribution >= 4 is 57.0 Å². The van der Waals surface area contributed by atoms with E-state index < -0.39 is 0 Å². The number of aromatic nitrogens is 1.